The first kappa shape index (κ1) is 38.7. The van der Waals surface area contributed by atoms with Gasteiger partial charge in [-0.2, -0.15) is 17.0 Å². The van der Waals surface area contributed by atoms with Crippen molar-refractivity contribution in [3.63, 3.8) is 0 Å². The second kappa shape index (κ2) is 13.6. The molecule has 14 nitrogen and oxygen atoms in total. The van der Waals surface area contributed by atoms with Crippen LogP contribution in [0.25, 0.3) is 0 Å². The van der Waals surface area contributed by atoms with Gasteiger partial charge in [0.2, 0.25) is 17.6 Å². The summed E-state index contributed by atoms with van der Waals surface area (Å²) in [6, 6.07) is -4.27. The lowest BCUT2D eigenvalue weighted by molar-refractivity contribution is -0.145. The van der Waals surface area contributed by atoms with E-state index in [4.69, 9.17) is 5.73 Å². The van der Waals surface area contributed by atoms with Crippen molar-refractivity contribution in [2.45, 2.75) is 105 Å². The first-order chi connectivity index (χ1) is 21.3. The molecule has 0 bridgehead atoms. The normalized spacial score (nSPS) is 24.3. The number of piperidine rings is 1. The Morgan fingerprint density at radius 1 is 0.936 bits per heavy atom. The lowest BCUT2D eigenvalue weighted by atomic mass is 9.85. The fourth-order valence-corrected chi connectivity index (χ4v) is 7.53. The SMILES string of the molecule is CN(C)S(=O)(=O)N(C)C[C@@H](NC(=O)N[C@H](C(=O)N1C[C@H]2[C@@H]([C@H]1C(=O)NC(CCC1CC1)C(=O)C(N)=O)C2(C)C)C(C)(C)C)C(C)(C)C. The Hall–Kier alpha value is -2.78. The number of fused-ring (bicyclic) bond motifs is 1. The Morgan fingerprint density at radius 3 is 1.98 bits per heavy atom. The lowest BCUT2D eigenvalue weighted by Crippen LogP contribution is -2.62. The van der Waals surface area contributed by atoms with Gasteiger partial charge in [0.1, 0.15) is 12.1 Å². The summed E-state index contributed by atoms with van der Waals surface area (Å²) in [5.74, 6) is -2.57. The Morgan fingerprint density at radius 2 is 1.51 bits per heavy atom. The number of nitrogens with one attached hydrogen (secondary N) is 3. The number of urea groups is 1. The molecule has 0 aromatic heterocycles. The van der Waals surface area contributed by atoms with Crippen LogP contribution in [0.3, 0.4) is 0 Å². The number of primary amides is 1. The topological polar surface area (TPSA) is 191 Å². The maximum atomic E-state index is 14.3. The molecule has 3 rings (SSSR count). The number of hydrogen-bond acceptors (Lipinski definition) is 7. The number of ketones is 1. The Bertz CT molecular complexity index is 1350. The lowest BCUT2D eigenvalue weighted by Gasteiger charge is -2.39. The summed E-state index contributed by atoms with van der Waals surface area (Å²) in [5, 5.41) is 8.47. The molecule has 3 fully saturated rings. The van der Waals surface area contributed by atoms with Crippen LogP contribution in [-0.2, 0) is 29.4 Å². The summed E-state index contributed by atoms with van der Waals surface area (Å²) in [6.45, 7) is 15.4. The zero-order chi connectivity index (χ0) is 36.0. The third kappa shape index (κ3) is 8.83. The zero-order valence-corrected chi connectivity index (χ0v) is 30.8. The number of rotatable bonds is 14. The molecule has 0 aromatic carbocycles. The van der Waals surface area contributed by atoms with Crippen molar-refractivity contribution in [2.75, 3.05) is 34.2 Å². The van der Waals surface area contributed by atoms with E-state index < -0.39 is 74.7 Å². The molecule has 0 spiro atoms. The van der Waals surface area contributed by atoms with Gasteiger partial charge in [0.25, 0.3) is 16.1 Å². The van der Waals surface area contributed by atoms with Gasteiger partial charge in [-0.3, -0.25) is 19.2 Å². The highest BCUT2D eigenvalue weighted by molar-refractivity contribution is 7.86. The van der Waals surface area contributed by atoms with Crippen LogP contribution in [0.1, 0.15) is 81.1 Å². The molecule has 0 aromatic rings. The second-order valence-corrected chi connectivity index (χ2v) is 18.9. The number of nitrogens with two attached hydrogens (primary N) is 1. The van der Waals surface area contributed by atoms with E-state index >= 15 is 0 Å². The van der Waals surface area contributed by atoms with Crippen LogP contribution in [-0.4, -0.2) is 110 Å². The number of amides is 5. The molecule has 1 unspecified atom stereocenters. The minimum absolute atomic E-state index is 0.00961. The van der Waals surface area contributed by atoms with E-state index in [2.05, 4.69) is 16.0 Å². The van der Waals surface area contributed by atoms with Gasteiger partial charge in [-0.05, 0) is 46.8 Å². The van der Waals surface area contributed by atoms with Crippen LogP contribution < -0.4 is 21.7 Å². The summed E-state index contributed by atoms with van der Waals surface area (Å²) in [6.07, 6.45) is 3.08. The predicted molar refractivity (Wildman–Crippen MR) is 178 cm³/mol. The van der Waals surface area contributed by atoms with Crippen molar-refractivity contribution in [3.8, 4) is 0 Å². The van der Waals surface area contributed by atoms with Gasteiger partial charge in [0.05, 0.1) is 6.04 Å². The number of likely N-dealkylation sites (tertiary alicyclic amines) is 1. The van der Waals surface area contributed by atoms with E-state index in [1.165, 1.54) is 26.0 Å². The zero-order valence-electron chi connectivity index (χ0n) is 30.0. The summed E-state index contributed by atoms with van der Waals surface area (Å²) >= 11 is 0. The predicted octanol–water partition coefficient (Wildman–Crippen LogP) is 1.07. The fraction of sp³-hybridized carbons (Fsp3) is 0.844. The highest BCUT2D eigenvalue weighted by Gasteiger charge is 2.70. The van der Waals surface area contributed by atoms with Gasteiger partial charge in [0.15, 0.2) is 0 Å². The molecule has 2 aliphatic carbocycles. The number of likely N-dealkylation sites (N-methyl/N-ethyl adjacent to an activating group) is 1. The smallest absolute Gasteiger partial charge is 0.315 e. The number of carbonyl (C=O) groups is 5. The van der Waals surface area contributed by atoms with Gasteiger partial charge in [0, 0.05) is 40.3 Å². The third-order valence-electron chi connectivity index (χ3n) is 10.2. The van der Waals surface area contributed by atoms with Crippen LogP contribution >= 0.6 is 0 Å². The van der Waals surface area contributed by atoms with Crippen molar-refractivity contribution in [1.29, 1.82) is 0 Å². The molecule has 5 N–H and O–H groups in total. The minimum atomic E-state index is -3.74. The van der Waals surface area contributed by atoms with Gasteiger partial charge < -0.3 is 26.6 Å². The minimum Gasteiger partial charge on any atom is -0.363 e. The van der Waals surface area contributed by atoms with Gasteiger partial charge in [-0.1, -0.05) is 68.2 Å². The quantitative estimate of drug-likeness (QED) is 0.197. The van der Waals surface area contributed by atoms with Crippen LogP contribution in [0.4, 0.5) is 4.79 Å². The van der Waals surface area contributed by atoms with E-state index in [1.807, 2.05) is 55.4 Å². The van der Waals surface area contributed by atoms with Crippen molar-refractivity contribution >= 4 is 39.7 Å². The molecule has 6 atom stereocenters. The maximum Gasteiger partial charge on any atom is 0.315 e. The molecular weight excluding hydrogens is 626 g/mol. The van der Waals surface area contributed by atoms with Crippen LogP contribution in [0.2, 0.25) is 0 Å². The Kier molecular flexibility index (Phi) is 11.2. The van der Waals surface area contributed by atoms with E-state index in [0.29, 0.717) is 25.3 Å². The molecule has 5 amide bonds. The average molecular weight is 684 g/mol. The van der Waals surface area contributed by atoms with Crippen LogP contribution in [0.5, 0.6) is 0 Å². The molecular formula is C32H57N7O7S. The maximum absolute atomic E-state index is 14.3. The average Bonchev–Trinajstić information content (AvgIpc) is 3.79. The largest absolute Gasteiger partial charge is 0.363 e. The standard InChI is InChI=1S/C32H57N7O7S/c1-30(2,3)21(17-38(11)47(45,46)37(9)10)35-29(44)36-25(31(4,5)6)28(43)39-16-19-22(32(19,7)8)23(39)27(42)34-20(24(40)26(33)41)15-14-18-12-13-18/h18-23,25H,12-17H2,1-11H3,(H2,33,41)(H,34,42)(H2,35,36,44)/t19-,20?,21+,22-,23-,25+/m0/s1. The first-order valence-corrected chi connectivity index (χ1v) is 17.9. The molecule has 47 heavy (non-hydrogen) atoms. The van der Waals surface area contributed by atoms with Gasteiger partial charge in [-0.25, -0.2) is 4.79 Å². The number of hydrogen-bond donors (Lipinski definition) is 4. The molecule has 3 aliphatic rings. The fourth-order valence-electron chi connectivity index (χ4n) is 6.63. The molecule has 268 valence electrons. The van der Waals surface area contributed by atoms with E-state index in [1.54, 1.807) is 0 Å². The highest BCUT2D eigenvalue weighted by atomic mass is 32.2. The first-order valence-electron chi connectivity index (χ1n) is 16.5. The summed E-state index contributed by atoms with van der Waals surface area (Å²) in [4.78, 5) is 67.7. The summed E-state index contributed by atoms with van der Waals surface area (Å²) in [7, 11) is 0.558. The van der Waals surface area contributed by atoms with Crippen molar-refractivity contribution in [2.24, 2.45) is 39.7 Å². The van der Waals surface area contributed by atoms with Gasteiger partial charge in [-0.15, -0.1) is 0 Å². The number of Topliss-reactive ketones (excluding diaryl/α,β-unsaturated/α-hetero) is 1. The van der Waals surface area contributed by atoms with Crippen molar-refractivity contribution in [3.05, 3.63) is 0 Å². The van der Waals surface area contributed by atoms with Crippen molar-refractivity contribution < 1.29 is 32.4 Å². The molecule has 2 saturated carbocycles. The Labute approximate surface area is 280 Å². The van der Waals surface area contributed by atoms with Gasteiger partial charge >= 0.3 is 6.03 Å². The molecule has 0 radical (unpaired) electrons. The number of nitrogens with zero attached hydrogens (tertiary/aromatic N) is 3. The molecule has 1 aliphatic heterocycles. The summed E-state index contributed by atoms with van der Waals surface area (Å²) < 4.78 is 27.6. The van der Waals surface area contributed by atoms with E-state index in [9.17, 15) is 32.4 Å². The van der Waals surface area contributed by atoms with E-state index in [-0.39, 0.29) is 23.8 Å². The van der Waals surface area contributed by atoms with Crippen molar-refractivity contribution in [1.82, 2.24) is 29.5 Å². The number of carbonyl (C=O) groups excluding carboxylic acids is 5. The van der Waals surface area contributed by atoms with Crippen LogP contribution in [0, 0.1) is 34.0 Å². The summed E-state index contributed by atoms with van der Waals surface area (Å²) in [5.41, 5.74) is 3.79. The molecule has 15 heteroatoms. The second-order valence-electron chi connectivity index (χ2n) is 16.6. The van der Waals surface area contributed by atoms with E-state index in [0.717, 1.165) is 21.5 Å². The third-order valence-corrected chi connectivity index (χ3v) is 12.1. The molecule has 1 heterocycles. The van der Waals surface area contributed by atoms with Crippen LogP contribution in [0.15, 0.2) is 0 Å². The Balaban J connectivity index is 1.82. The molecule has 1 saturated heterocycles. The highest BCUT2D eigenvalue weighted by Crippen LogP contribution is 2.65. The monoisotopic (exact) mass is 683 g/mol.